The maximum absolute atomic E-state index is 5.81. The van der Waals surface area contributed by atoms with Crippen LogP contribution in [0, 0.1) is 0 Å². The second-order valence-electron chi connectivity index (χ2n) is 2.51. The van der Waals surface area contributed by atoms with Gasteiger partial charge >= 0.3 is 0 Å². The Labute approximate surface area is 90.4 Å². The zero-order valence-corrected chi connectivity index (χ0v) is 9.55. The lowest BCUT2D eigenvalue weighted by Gasteiger charge is -2.09. The van der Waals surface area contributed by atoms with Crippen molar-refractivity contribution in [3.05, 3.63) is 24.3 Å². The molecule has 0 aromatic heterocycles. The minimum Gasteiger partial charge on any atom is -0.336 e. The first kappa shape index (κ1) is 13.0. The molecule has 0 heterocycles. The van der Waals surface area contributed by atoms with Gasteiger partial charge in [-0.05, 0) is 25.0 Å². The highest BCUT2D eigenvalue weighted by Gasteiger charge is 2.04. The average molecular weight is 223 g/mol. The monoisotopic (exact) mass is 222 g/mol. The summed E-state index contributed by atoms with van der Waals surface area (Å²) < 4.78 is 5.21. The van der Waals surface area contributed by atoms with Crippen LogP contribution in [0.1, 0.15) is 26.7 Å². The van der Waals surface area contributed by atoms with Gasteiger partial charge in [-0.25, -0.2) is 0 Å². The molecule has 0 N–H and O–H groups in total. The van der Waals surface area contributed by atoms with Crippen molar-refractivity contribution in [1.82, 2.24) is 0 Å². The van der Waals surface area contributed by atoms with Gasteiger partial charge in [0.25, 0.3) is 0 Å². The van der Waals surface area contributed by atoms with Crippen LogP contribution in [0.2, 0.25) is 0 Å². The molecule has 0 aliphatic heterocycles. The summed E-state index contributed by atoms with van der Waals surface area (Å²) in [4.78, 5) is 0. The first-order chi connectivity index (χ1) is 6.20. The molecule has 0 spiro atoms. The molecule has 2 unspecified atom stereocenters. The van der Waals surface area contributed by atoms with Crippen LogP contribution in [0.15, 0.2) is 24.3 Å². The van der Waals surface area contributed by atoms with Gasteiger partial charge in [0.15, 0.2) is 11.1 Å². The number of hydrogen-bond donors (Lipinski definition) is 0. The molecule has 0 aromatic rings. The summed E-state index contributed by atoms with van der Waals surface area (Å²) in [6, 6.07) is 0. The van der Waals surface area contributed by atoms with Gasteiger partial charge in [0.2, 0.25) is 0 Å². The van der Waals surface area contributed by atoms with E-state index in [0.717, 1.165) is 12.8 Å². The molecule has 3 heteroatoms. The summed E-state index contributed by atoms with van der Waals surface area (Å²) in [5.74, 6) is 0. The number of halogens is 2. The first-order valence-electron chi connectivity index (χ1n) is 4.47. The quantitative estimate of drug-likeness (QED) is 0.487. The van der Waals surface area contributed by atoms with E-state index in [0.29, 0.717) is 0 Å². The van der Waals surface area contributed by atoms with E-state index in [4.69, 9.17) is 27.9 Å². The van der Waals surface area contributed by atoms with Gasteiger partial charge in [-0.1, -0.05) is 49.2 Å². The molecule has 0 fully saturated rings. The lowest BCUT2D eigenvalue weighted by Crippen LogP contribution is -2.08. The topological polar surface area (TPSA) is 9.23 Å². The predicted molar refractivity (Wildman–Crippen MR) is 59.2 cm³/mol. The summed E-state index contributed by atoms with van der Waals surface area (Å²) >= 11 is 11.6. The normalized spacial score (nSPS) is 16.9. The fourth-order valence-electron chi connectivity index (χ4n) is 0.701. The Morgan fingerprint density at radius 3 is 1.69 bits per heavy atom. The van der Waals surface area contributed by atoms with Crippen molar-refractivity contribution in [3.63, 3.8) is 0 Å². The van der Waals surface area contributed by atoms with E-state index in [1.54, 1.807) is 12.2 Å². The molecule has 0 aromatic carbocycles. The molecule has 0 bridgehead atoms. The zero-order valence-electron chi connectivity index (χ0n) is 8.04. The van der Waals surface area contributed by atoms with E-state index in [2.05, 4.69) is 0 Å². The van der Waals surface area contributed by atoms with E-state index < -0.39 is 11.1 Å². The minimum absolute atomic E-state index is 0.441. The number of hydrogen-bond acceptors (Lipinski definition) is 1. The van der Waals surface area contributed by atoms with Gasteiger partial charge in [0, 0.05) is 0 Å². The maximum atomic E-state index is 5.81. The SMILES string of the molecule is CC/C=C/C(Cl)OC(Cl)/C=C/CC. The molecule has 0 aliphatic carbocycles. The summed E-state index contributed by atoms with van der Waals surface area (Å²) in [6.45, 7) is 4.07. The summed E-state index contributed by atoms with van der Waals surface area (Å²) in [6.07, 6.45) is 9.37. The van der Waals surface area contributed by atoms with Crippen molar-refractivity contribution in [2.24, 2.45) is 0 Å². The van der Waals surface area contributed by atoms with Crippen molar-refractivity contribution in [1.29, 1.82) is 0 Å². The highest BCUT2D eigenvalue weighted by Crippen LogP contribution is 2.10. The van der Waals surface area contributed by atoms with Gasteiger partial charge in [0.1, 0.15) is 0 Å². The number of allylic oxidation sites excluding steroid dienone is 2. The Hall–Kier alpha value is 0.0200. The maximum Gasteiger partial charge on any atom is 0.152 e. The molecular weight excluding hydrogens is 207 g/mol. The van der Waals surface area contributed by atoms with Crippen molar-refractivity contribution >= 4 is 23.2 Å². The second kappa shape index (κ2) is 8.61. The summed E-state index contributed by atoms with van der Waals surface area (Å²) in [7, 11) is 0. The highest BCUT2D eigenvalue weighted by atomic mass is 35.5. The van der Waals surface area contributed by atoms with Crippen molar-refractivity contribution in [2.75, 3.05) is 0 Å². The van der Waals surface area contributed by atoms with Gasteiger partial charge in [-0.15, -0.1) is 0 Å². The average Bonchev–Trinajstić information content (AvgIpc) is 2.11. The van der Waals surface area contributed by atoms with Gasteiger partial charge in [-0.2, -0.15) is 0 Å². The second-order valence-corrected chi connectivity index (χ2v) is 3.37. The van der Waals surface area contributed by atoms with E-state index in [9.17, 15) is 0 Å². The van der Waals surface area contributed by atoms with E-state index in [-0.39, 0.29) is 0 Å². The summed E-state index contributed by atoms with van der Waals surface area (Å²) in [5.41, 5.74) is -0.882. The van der Waals surface area contributed by atoms with Crippen LogP contribution in [0.3, 0.4) is 0 Å². The minimum atomic E-state index is -0.441. The Kier molecular flexibility index (Phi) is 8.62. The highest BCUT2D eigenvalue weighted by molar-refractivity contribution is 6.23. The molecule has 0 rings (SSSR count). The van der Waals surface area contributed by atoms with Gasteiger partial charge in [-0.3, -0.25) is 0 Å². The van der Waals surface area contributed by atoms with Crippen LogP contribution in [-0.2, 0) is 4.74 Å². The molecular formula is C10H16Cl2O. The predicted octanol–water partition coefficient (Wildman–Crippen LogP) is 4.07. The lowest BCUT2D eigenvalue weighted by atomic mass is 10.4. The fourth-order valence-corrected chi connectivity index (χ4v) is 1.18. The molecule has 2 atom stereocenters. The molecule has 76 valence electrons. The van der Waals surface area contributed by atoms with Crippen LogP contribution in [0.25, 0.3) is 0 Å². The Bertz CT molecular complexity index is 148. The van der Waals surface area contributed by atoms with Crippen molar-refractivity contribution in [3.8, 4) is 0 Å². The van der Waals surface area contributed by atoms with Crippen LogP contribution < -0.4 is 0 Å². The standard InChI is InChI=1S/C10H16Cl2O/c1-3-5-7-9(11)13-10(12)8-6-4-2/h5-10H,3-4H2,1-2H3/b7-5+,8-6+. The lowest BCUT2D eigenvalue weighted by molar-refractivity contribution is 0.137. The molecule has 0 amide bonds. The Morgan fingerprint density at radius 1 is 1.00 bits per heavy atom. The van der Waals surface area contributed by atoms with E-state index >= 15 is 0 Å². The van der Waals surface area contributed by atoms with Crippen LogP contribution >= 0.6 is 23.2 Å². The van der Waals surface area contributed by atoms with Crippen LogP contribution in [0.4, 0.5) is 0 Å². The number of alkyl halides is 2. The number of rotatable bonds is 6. The van der Waals surface area contributed by atoms with Crippen molar-refractivity contribution < 1.29 is 4.74 Å². The van der Waals surface area contributed by atoms with Gasteiger partial charge < -0.3 is 4.74 Å². The molecule has 0 aliphatic rings. The zero-order chi connectivity index (χ0) is 10.1. The molecule has 0 saturated carbocycles. The third-order valence-electron chi connectivity index (χ3n) is 1.31. The third kappa shape index (κ3) is 8.35. The largest absolute Gasteiger partial charge is 0.336 e. The summed E-state index contributed by atoms with van der Waals surface area (Å²) in [5, 5.41) is 0. The molecule has 1 nitrogen and oxygen atoms in total. The van der Waals surface area contributed by atoms with Gasteiger partial charge in [0.05, 0.1) is 0 Å². The Balaban J connectivity index is 3.70. The van der Waals surface area contributed by atoms with E-state index in [1.165, 1.54) is 0 Å². The molecule has 0 saturated heterocycles. The smallest absolute Gasteiger partial charge is 0.152 e. The van der Waals surface area contributed by atoms with E-state index in [1.807, 2.05) is 26.0 Å². The Morgan fingerprint density at radius 2 is 1.38 bits per heavy atom. The molecule has 0 radical (unpaired) electrons. The molecule has 13 heavy (non-hydrogen) atoms. The van der Waals surface area contributed by atoms with Crippen molar-refractivity contribution in [2.45, 2.75) is 37.8 Å². The first-order valence-corrected chi connectivity index (χ1v) is 5.34. The number of ether oxygens (including phenoxy) is 1. The fraction of sp³-hybridized carbons (Fsp3) is 0.600. The van der Waals surface area contributed by atoms with Crippen LogP contribution in [0.5, 0.6) is 0 Å². The third-order valence-corrected chi connectivity index (χ3v) is 1.80. The van der Waals surface area contributed by atoms with Crippen LogP contribution in [-0.4, -0.2) is 11.1 Å².